The average Bonchev–Trinajstić information content (AvgIpc) is 2.65. The first kappa shape index (κ1) is 17.3. The van der Waals surface area contributed by atoms with Gasteiger partial charge in [0.15, 0.2) is 4.90 Å². The van der Waals surface area contributed by atoms with Crippen LogP contribution in [-0.4, -0.2) is 12.2 Å². The molecule has 0 heterocycles. The second kappa shape index (κ2) is 8.04. The molecule has 25 heavy (non-hydrogen) atoms. The maximum Gasteiger partial charge on any atom is 0.343 e. The van der Waals surface area contributed by atoms with Crippen molar-refractivity contribution in [3.63, 3.8) is 0 Å². The van der Waals surface area contributed by atoms with Crippen LogP contribution in [0, 0.1) is 6.92 Å². The van der Waals surface area contributed by atoms with Crippen molar-refractivity contribution in [2.45, 2.75) is 17.6 Å². The average molecular weight is 349 g/mol. The maximum atomic E-state index is 12.1. The molecule has 0 amide bonds. The number of hydrogen-bond acceptors (Lipinski definition) is 2. The first-order valence-electron chi connectivity index (χ1n) is 8.18. The molecule has 2 nitrogen and oxygen atoms in total. The van der Waals surface area contributed by atoms with Gasteiger partial charge in [0.1, 0.15) is 17.8 Å². The predicted molar refractivity (Wildman–Crippen MR) is 104 cm³/mol. The number of aryl methyl sites for hydroxylation is 1. The molecule has 3 heteroatoms. The van der Waals surface area contributed by atoms with Crippen molar-refractivity contribution in [3.05, 3.63) is 95.6 Å². The summed E-state index contributed by atoms with van der Waals surface area (Å²) in [4.78, 5) is 13.4. The van der Waals surface area contributed by atoms with Gasteiger partial charge in [0, 0.05) is 16.5 Å². The van der Waals surface area contributed by atoms with Gasteiger partial charge in [0.25, 0.3) is 0 Å². The molecule has 0 fully saturated rings. The van der Waals surface area contributed by atoms with Crippen molar-refractivity contribution in [1.82, 2.24) is 0 Å². The molecule has 0 aliphatic heterocycles. The van der Waals surface area contributed by atoms with Crippen molar-refractivity contribution in [2.75, 3.05) is 6.26 Å². The molecule has 1 atom stereocenters. The summed E-state index contributed by atoms with van der Waals surface area (Å²) in [6.07, 6.45) is 2.25. The minimum Gasteiger partial charge on any atom is -0.423 e. The highest BCUT2D eigenvalue weighted by Gasteiger charge is 2.17. The first-order valence-corrected chi connectivity index (χ1v) is 9.98. The molecule has 0 aromatic heterocycles. The summed E-state index contributed by atoms with van der Waals surface area (Å²) in [6, 6.07) is 25.4. The van der Waals surface area contributed by atoms with E-state index in [0.717, 1.165) is 5.75 Å². The van der Waals surface area contributed by atoms with Crippen LogP contribution in [0.3, 0.4) is 0 Å². The summed E-state index contributed by atoms with van der Waals surface area (Å²) in [5, 5.41) is 0. The molecular weight excluding hydrogens is 328 g/mol. The normalized spacial score (nSPS) is 11.8. The number of hydrogen-bond donors (Lipinski definition) is 0. The van der Waals surface area contributed by atoms with Crippen LogP contribution in [0.15, 0.2) is 83.8 Å². The Balaban J connectivity index is 1.66. The van der Waals surface area contributed by atoms with Crippen LogP contribution in [0.4, 0.5) is 0 Å². The van der Waals surface area contributed by atoms with E-state index in [1.165, 1.54) is 16.0 Å². The van der Waals surface area contributed by atoms with Gasteiger partial charge < -0.3 is 4.74 Å². The SMILES string of the molecule is Cc1ccccc1C[S+](C)c1ccc(OC(=O)c2ccccc2)cc1. The largest absolute Gasteiger partial charge is 0.423 e. The molecule has 0 spiro atoms. The summed E-state index contributed by atoms with van der Waals surface area (Å²) in [7, 11) is 0.108. The van der Waals surface area contributed by atoms with Crippen LogP contribution in [-0.2, 0) is 16.6 Å². The molecule has 1 unspecified atom stereocenters. The first-order chi connectivity index (χ1) is 12.1. The Morgan fingerprint density at radius 3 is 2.20 bits per heavy atom. The van der Waals surface area contributed by atoms with Gasteiger partial charge in [-0.3, -0.25) is 0 Å². The zero-order chi connectivity index (χ0) is 17.6. The lowest BCUT2D eigenvalue weighted by Gasteiger charge is -2.07. The topological polar surface area (TPSA) is 26.3 Å². The number of carbonyl (C=O) groups is 1. The van der Waals surface area contributed by atoms with Crippen LogP contribution >= 0.6 is 0 Å². The Labute approximate surface area is 151 Å². The van der Waals surface area contributed by atoms with E-state index in [4.69, 9.17) is 4.74 Å². The van der Waals surface area contributed by atoms with E-state index < -0.39 is 0 Å². The molecule has 0 bridgehead atoms. The third kappa shape index (κ3) is 4.52. The number of benzene rings is 3. The minimum atomic E-state index is -0.330. The van der Waals surface area contributed by atoms with Gasteiger partial charge in [0.2, 0.25) is 0 Å². The van der Waals surface area contributed by atoms with E-state index in [-0.39, 0.29) is 16.9 Å². The predicted octanol–water partition coefficient (Wildman–Crippen LogP) is 5.02. The zero-order valence-corrected chi connectivity index (χ0v) is 15.3. The van der Waals surface area contributed by atoms with Crippen LogP contribution < -0.4 is 4.74 Å². The highest BCUT2D eigenvalue weighted by molar-refractivity contribution is 7.95. The molecule has 0 aliphatic carbocycles. The van der Waals surface area contributed by atoms with Crippen molar-refractivity contribution >= 4 is 16.9 Å². The lowest BCUT2D eigenvalue weighted by atomic mass is 10.1. The molecular formula is C22H21O2S+. The van der Waals surface area contributed by atoms with Crippen LogP contribution in [0.1, 0.15) is 21.5 Å². The summed E-state index contributed by atoms with van der Waals surface area (Å²) in [6.45, 7) is 2.15. The van der Waals surface area contributed by atoms with Crippen LogP contribution in [0.2, 0.25) is 0 Å². The molecule has 0 N–H and O–H groups in total. The quantitative estimate of drug-likeness (QED) is 0.367. The van der Waals surface area contributed by atoms with Gasteiger partial charge in [-0.05, 0) is 48.9 Å². The fourth-order valence-electron chi connectivity index (χ4n) is 2.57. The second-order valence-electron chi connectivity index (χ2n) is 5.93. The standard InChI is InChI=1S/C22H21O2S/c1-17-8-6-7-11-19(17)16-25(2)21-14-12-20(13-15-21)24-22(23)18-9-4-3-5-10-18/h3-15H,16H2,1-2H3/q+1. The van der Waals surface area contributed by atoms with E-state index in [0.29, 0.717) is 11.3 Å². The van der Waals surface area contributed by atoms with Gasteiger partial charge in [-0.2, -0.15) is 0 Å². The zero-order valence-electron chi connectivity index (χ0n) is 14.4. The number of ether oxygens (including phenoxy) is 1. The molecule has 0 saturated heterocycles. The highest BCUT2D eigenvalue weighted by atomic mass is 32.2. The maximum absolute atomic E-state index is 12.1. The number of rotatable bonds is 5. The molecule has 3 rings (SSSR count). The summed E-state index contributed by atoms with van der Waals surface area (Å²) < 4.78 is 5.44. The van der Waals surface area contributed by atoms with E-state index >= 15 is 0 Å². The Hall–Kier alpha value is -2.52. The fourth-order valence-corrected chi connectivity index (χ4v) is 4.13. The van der Waals surface area contributed by atoms with Crippen LogP contribution in [0.25, 0.3) is 0 Å². The van der Waals surface area contributed by atoms with Gasteiger partial charge in [-0.25, -0.2) is 4.79 Å². The van der Waals surface area contributed by atoms with Gasteiger partial charge in [0.05, 0.1) is 5.56 Å². The Morgan fingerprint density at radius 2 is 1.52 bits per heavy atom. The number of carbonyl (C=O) groups excluding carboxylic acids is 1. The smallest absolute Gasteiger partial charge is 0.343 e. The molecule has 0 saturated carbocycles. The Morgan fingerprint density at radius 1 is 0.880 bits per heavy atom. The second-order valence-corrected chi connectivity index (χ2v) is 7.97. The van der Waals surface area contributed by atoms with E-state index in [1.54, 1.807) is 12.1 Å². The molecule has 0 radical (unpaired) electrons. The number of esters is 1. The summed E-state index contributed by atoms with van der Waals surface area (Å²) >= 11 is 0. The van der Waals surface area contributed by atoms with E-state index in [9.17, 15) is 4.79 Å². The fraction of sp³-hybridized carbons (Fsp3) is 0.136. The Kier molecular flexibility index (Phi) is 5.56. The van der Waals surface area contributed by atoms with Gasteiger partial charge in [-0.1, -0.05) is 42.5 Å². The Bertz CT molecular complexity index is 841. The highest BCUT2D eigenvalue weighted by Crippen LogP contribution is 2.22. The summed E-state index contributed by atoms with van der Waals surface area (Å²) in [5.74, 6) is 1.27. The van der Waals surface area contributed by atoms with Gasteiger partial charge >= 0.3 is 5.97 Å². The third-order valence-corrected chi connectivity index (χ3v) is 5.90. The molecule has 3 aromatic carbocycles. The molecule has 126 valence electrons. The third-order valence-electron chi connectivity index (χ3n) is 4.08. The van der Waals surface area contributed by atoms with Crippen molar-refractivity contribution < 1.29 is 9.53 Å². The lowest BCUT2D eigenvalue weighted by molar-refractivity contribution is 0.0734. The monoisotopic (exact) mass is 349 g/mol. The van der Waals surface area contributed by atoms with Crippen LogP contribution in [0.5, 0.6) is 5.75 Å². The van der Waals surface area contributed by atoms with E-state index in [1.807, 2.05) is 30.3 Å². The molecule has 3 aromatic rings. The van der Waals surface area contributed by atoms with E-state index in [2.05, 4.69) is 49.6 Å². The summed E-state index contributed by atoms with van der Waals surface area (Å²) in [5.41, 5.74) is 3.27. The van der Waals surface area contributed by atoms with Crippen molar-refractivity contribution in [1.29, 1.82) is 0 Å². The van der Waals surface area contributed by atoms with Crippen molar-refractivity contribution in [2.24, 2.45) is 0 Å². The van der Waals surface area contributed by atoms with Crippen molar-refractivity contribution in [3.8, 4) is 5.75 Å². The minimum absolute atomic E-state index is 0.108. The molecule has 0 aliphatic rings. The lowest BCUT2D eigenvalue weighted by Crippen LogP contribution is -2.08. The van der Waals surface area contributed by atoms with Gasteiger partial charge in [-0.15, -0.1) is 0 Å².